The highest BCUT2D eigenvalue weighted by atomic mass is 16.5. The molecule has 0 aliphatic heterocycles. The van der Waals surface area contributed by atoms with E-state index in [1.54, 1.807) is 0 Å². The lowest BCUT2D eigenvalue weighted by Gasteiger charge is -2.29. The van der Waals surface area contributed by atoms with Crippen LogP contribution in [0.3, 0.4) is 0 Å². The maximum atomic E-state index is 5.95. The molecular weight excluding hydrogens is 434 g/mol. The molecule has 0 bridgehead atoms. The summed E-state index contributed by atoms with van der Waals surface area (Å²) in [7, 11) is 4.06. The van der Waals surface area contributed by atoms with Crippen molar-refractivity contribution in [3.63, 3.8) is 0 Å². The number of hydrogen-bond acceptors (Lipinski definition) is 6. The third-order valence-corrected chi connectivity index (χ3v) is 6.89. The third-order valence-electron chi connectivity index (χ3n) is 6.89. The molecule has 4 aromatic rings. The van der Waals surface area contributed by atoms with Crippen molar-refractivity contribution < 1.29 is 4.74 Å². The monoisotopic (exact) mass is 469 g/mol. The molecule has 1 aromatic heterocycles. The largest absolute Gasteiger partial charge is 0.492 e. The molecule has 0 spiro atoms. The summed E-state index contributed by atoms with van der Waals surface area (Å²) in [4.78, 5) is 11.6. The first-order valence-electron chi connectivity index (χ1n) is 12.7. The Morgan fingerprint density at radius 3 is 2.49 bits per heavy atom. The van der Waals surface area contributed by atoms with Gasteiger partial charge in [0.2, 0.25) is 5.95 Å². The van der Waals surface area contributed by atoms with Gasteiger partial charge in [0.05, 0.1) is 5.52 Å². The van der Waals surface area contributed by atoms with Crippen LogP contribution < -0.4 is 20.3 Å². The van der Waals surface area contributed by atoms with Gasteiger partial charge in [-0.3, -0.25) is 0 Å². The molecule has 1 aliphatic carbocycles. The fraction of sp³-hybridized carbons (Fsp3) is 0.379. The van der Waals surface area contributed by atoms with Gasteiger partial charge in [0.1, 0.15) is 18.2 Å². The van der Waals surface area contributed by atoms with E-state index in [0.717, 1.165) is 54.3 Å². The van der Waals surface area contributed by atoms with E-state index < -0.39 is 0 Å². The molecule has 0 atom stereocenters. The van der Waals surface area contributed by atoms with Gasteiger partial charge in [0.25, 0.3) is 0 Å². The predicted molar refractivity (Wildman–Crippen MR) is 146 cm³/mol. The Kier molecular flexibility index (Phi) is 7.28. The minimum Gasteiger partial charge on any atom is -0.492 e. The first-order valence-corrected chi connectivity index (χ1v) is 12.7. The number of hydrogen-bond donors (Lipinski definition) is 2. The summed E-state index contributed by atoms with van der Waals surface area (Å²) in [6.07, 6.45) is 4.72. The highest BCUT2D eigenvalue weighted by Gasteiger charge is 2.22. The molecule has 3 aromatic carbocycles. The van der Waals surface area contributed by atoms with E-state index in [1.165, 1.54) is 23.6 Å². The summed E-state index contributed by atoms with van der Waals surface area (Å²) in [6, 6.07) is 23.3. The van der Waals surface area contributed by atoms with Gasteiger partial charge in [-0.25, -0.2) is 4.98 Å². The average Bonchev–Trinajstić information content (AvgIpc) is 2.89. The molecule has 2 N–H and O–H groups in total. The van der Waals surface area contributed by atoms with E-state index in [0.29, 0.717) is 18.6 Å². The van der Waals surface area contributed by atoms with Crippen molar-refractivity contribution in [3.8, 4) is 5.75 Å². The summed E-state index contributed by atoms with van der Waals surface area (Å²) >= 11 is 0. The average molecular weight is 470 g/mol. The van der Waals surface area contributed by atoms with Crippen LogP contribution >= 0.6 is 0 Å². The Labute approximate surface area is 207 Å². The molecule has 35 heavy (non-hydrogen) atoms. The molecule has 1 fully saturated rings. The highest BCUT2D eigenvalue weighted by Crippen LogP contribution is 2.28. The van der Waals surface area contributed by atoms with Crippen LogP contribution in [0.15, 0.2) is 66.7 Å². The van der Waals surface area contributed by atoms with Crippen LogP contribution in [0, 0.1) is 5.92 Å². The summed E-state index contributed by atoms with van der Waals surface area (Å²) in [6.45, 7) is 2.59. The standard InChI is InChI=1S/C29H35N5O/c1-34(2)28-26-9-5-6-10-27(26)32-29(33-28)31-24-14-11-21(12-15-24)20-30-17-18-35-25-16-13-22-7-3-4-8-23(22)19-25/h3-10,13,16,19,21,24,30H,11-12,14-15,17-18,20H2,1-2H3,(H,31,32,33). The summed E-state index contributed by atoms with van der Waals surface area (Å²) in [5.74, 6) is 3.34. The zero-order chi connectivity index (χ0) is 24.0. The van der Waals surface area contributed by atoms with Crippen molar-refractivity contribution in [3.05, 3.63) is 66.7 Å². The van der Waals surface area contributed by atoms with E-state index in [-0.39, 0.29) is 0 Å². The maximum Gasteiger partial charge on any atom is 0.225 e. The number of benzene rings is 3. The van der Waals surface area contributed by atoms with E-state index in [9.17, 15) is 0 Å². The molecular formula is C29H35N5O. The molecule has 1 heterocycles. The van der Waals surface area contributed by atoms with Crippen LogP contribution in [0.25, 0.3) is 21.7 Å². The Morgan fingerprint density at radius 2 is 1.66 bits per heavy atom. The molecule has 1 saturated carbocycles. The number of para-hydroxylation sites is 1. The van der Waals surface area contributed by atoms with E-state index in [4.69, 9.17) is 14.7 Å². The Bertz CT molecular complexity index is 1270. The minimum absolute atomic E-state index is 0.429. The number of anilines is 2. The molecule has 0 unspecified atom stereocenters. The molecule has 1 aliphatic rings. The van der Waals surface area contributed by atoms with Gasteiger partial charge < -0.3 is 20.3 Å². The van der Waals surface area contributed by atoms with Gasteiger partial charge in [-0.15, -0.1) is 0 Å². The molecule has 0 radical (unpaired) electrons. The second-order valence-corrected chi connectivity index (χ2v) is 9.71. The fourth-order valence-electron chi connectivity index (χ4n) is 4.96. The smallest absolute Gasteiger partial charge is 0.225 e. The highest BCUT2D eigenvalue weighted by molar-refractivity contribution is 5.90. The van der Waals surface area contributed by atoms with Crippen molar-refractivity contribution >= 4 is 33.4 Å². The SMILES string of the molecule is CN(C)c1nc(NC2CCC(CNCCOc3ccc4ccccc4c3)CC2)nc2ccccc12. The quantitative estimate of drug-likeness (QED) is 0.316. The molecule has 182 valence electrons. The number of nitrogens with zero attached hydrogens (tertiary/aromatic N) is 3. The zero-order valence-corrected chi connectivity index (χ0v) is 20.7. The summed E-state index contributed by atoms with van der Waals surface area (Å²) < 4.78 is 5.95. The predicted octanol–water partition coefficient (Wildman–Crippen LogP) is 5.49. The topological polar surface area (TPSA) is 62.3 Å². The van der Waals surface area contributed by atoms with Gasteiger partial charge in [0.15, 0.2) is 0 Å². The molecule has 0 amide bonds. The first-order chi connectivity index (χ1) is 17.2. The number of nitrogens with one attached hydrogen (secondary N) is 2. The summed E-state index contributed by atoms with van der Waals surface area (Å²) in [5, 5.41) is 10.7. The molecule has 6 nitrogen and oxygen atoms in total. The number of ether oxygens (including phenoxy) is 1. The van der Waals surface area contributed by atoms with Crippen molar-refractivity contribution in [2.75, 3.05) is 44.0 Å². The lowest BCUT2D eigenvalue weighted by atomic mass is 9.86. The Balaban J connectivity index is 1.05. The second kappa shape index (κ2) is 10.9. The van der Waals surface area contributed by atoms with E-state index in [2.05, 4.69) is 70.1 Å². The van der Waals surface area contributed by atoms with Crippen LogP contribution in [-0.2, 0) is 0 Å². The first kappa shape index (κ1) is 23.4. The number of aromatic nitrogens is 2. The van der Waals surface area contributed by atoms with Crippen LogP contribution in [-0.4, -0.2) is 49.8 Å². The lowest BCUT2D eigenvalue weighted by Crippen LogP contribution is -2.33. The van der Waals surface area contributed by atoms with Gasteiger partial charge in [-0.05, 0) is 73.2 Å². The molecule has 0 saturated heterocycles. The van der Waals surface area contributed by atoms with Gasteiger partial charge >= 0.3 is 0 Å². The van der Waals surface area contributed by atoms with E-state index >= 15 is 0 Å². The Hall–Kier alpha value is -3.38. The van der Waals surface area contributed by atoms with Crippen molar-refractivity contribution in [2.24, 2.45) is 5.92 Å². The zero-order valence-electron chi connectivity index (χ0n) is 20.7. The van der Waals surface area contributed by atoms with Crippen molar-refractivity contribution in [1.82, 2.24) is 15.3 Å². The van der Waals surface area contributed by atoms with Crippen LogP contribution in [0.1, 0.15) is 25.7 Å². The maximum absolute atomic E-state index is 5.95. The normalized spacial score (nSPS) is 18.0. The van der Waals surface area contributed by atoms with Crippen molar-refractivity contribution in [2.45, 2.75) is 31.7 Å². The van der Waals surface area contributed by atoms with Crippen molar-refractivity contribution in [1.29, 1.82) is 0 Å². The Morgan fingerprint density at radius 1 is 0.886 bits per heavy atom. The number of rotatable bonds is 9. The number of fused-ring (bicyclic) bond motifs is 2. The second-order valence-electron chi connectivity index (χ2n) is 9.71. The van der Waals surface area contributed by atoms with E-state index in [1.807, 2.05) is 26.2 Å². The minimum atomic E-state index is 0.429. The lowest BCUT2D eigenvalue weighted by molar-refractivity contribution is 0.289. The molecule has 5 rings (SSSR count). The van der Waals surface area contributed by atoms with Crippen LogP contribution in [0.2, 0.25) is 0 Å². The fourth-order valence-corrected chi connectivity index (χ4v) is 4.96. The van der Waals surface area contributed by atoms with Crippen LogP contribution in [0.5, 0.6) is 5.75 Å². The third kappa shape index (κ3) is 5.82. The molecule has 6 heteroatoms. The van der Waals surface area contributed by atoms with Gasteiger partial charge in [-0.2, -0.15) is 4.98 Å². The van der Waals surface area contributed by atoms with Gasteiger partial charge in [0, 0.05) is 32.1 Å². The van der Waals surface area contributed by atoms with Crippen LogP contribution in [0.4, 0.5) is 11.8 Å². The van der Waals surface area contributed by atoms with Gasteiger partial charge in [-0.1, -0.05) is 42.5 Å². The summed E-state index contributed by atoms with van der Waals surface area (Å²) in [5.41, 5.74) is 0.984.